The number of aliphatic hydroxyl groups is 1. The number of nitrogens with two attached hydrogens (primary N) is 2. The molecule has 25 heavy (non-hydrogen) atoms. The summed E-state index contributed by atoms with van der Waals surface area (Å²) in [5.74, 6) is -1.42. The lowest BCUT2D eigenvalue weighted by molar-refractivity contribution is -0.121. The maximum Gasteiger partial charge on any atom is 0.280 e. The second-order valence-electron chi connectivity index (χ2n) is 4.92. The zero-order valence-corrected chi connectivity index (χ0v) is 14.2. The van der Waals surface area contributed by atoms with E-state index >= 15 is 0 Å². The fourth-order valence-corrected chi connectivity index (χ4v) is 1.86. The highest BCUT2D eigenvalue weighted by Crippen LogP contribution is 2.16. The lowest BCUT2D eigenvalue weighted by Gasteiger charge is -2.10. The first-order valence-electron chi connectivity index (χ1n) is 7.45. The van der Waals surface area contributed by atoms with Crippen molar-refractivity contribution in [2.45, 2.75) is 19.3 Å². The Morgan fingerprint density at radius 2 is 1.84 bits per heavy atom. The summed E-state index contributed by atoms with van der Waals surface area (Å²) in [6, 6.07) is 0. The van der Waals surface area contributed by atoms with Crippen molar-refractivity contribution in [2.24, 2.45) is 0 Å². The van der Waals surface area contributed by atoms with Crippen LogP contribution in [0.25, 0.3) is 0 Å². The standard InChI is InChI=1S/C13H21ClN8O3/c14-9-11(16)21-10(15)8(20-9)12(25)22-13(17)19-4-2-1-3-7(24)18-5-6-23/h23H,1-6H2,(H,18,24)(H4,15,16,21)(H3,17,19,22,25). The Bertz CT molecular complexity index is 640. The number of hydrogen-bond donors (Lipinski definition) is 7. The van der Waals surface area contributed by atoms with Gasteiger partial charge in [-0.25, -0.2) is 9.97 Å². The molecule has 0 radical (unpaired) electrons. The summed E-state index contributed by atoms with van der Waals surface area (Å²) in [6.45, 7) is 0.517. The molecule has 9 N–H and O–H groups in total. The van der Waals surface area contributed by atoms with Gasteiger partial charge in [0, 0.05) is 19.5 Å². The van der Waals surface area contributed by atoms with Crippen molar-refractivity contribution in [1.29, 1.82) is 5.41 Å². The van der Waals surface area contributed by atoms with E-state index in [4.69, 9.17) is 33.6 Å². The zero-order valence-electron chi connectivity index (χ0n) is 13.4. The van der Waals surface area contributed by atoms with E-state index in [0.29, 0.717) is 25.8 Å². The molecule has 0 bridgehead atoms. The van der Waals surface area contributed by atoms with Crippen molar-refractivity contribution in [3.8, 4) is 0 Å². The number of rotatable bonds is 8. The second-order valence-corrected chi connectivity index (χ2v) is 5.28. The molecule has 2 amide bonds. The Morgan fingerprint density at radius 3 is 2.52 bits per heavy atom. The Kier molecular flexibility index (Phi) is 8.36. The van der Waals surface area contributed by atoms with Gasteiger partial charge in [0.05, 0.1) is 6.61 Å². The fraction of sp³-hybridized carbons (Fsp3) is 0.462. The number of guanidine groups is 1. The van der Waals surface area contributed by atoms with Gasteiger partial charge in [0.2, 0.25) is 5.91 Å². The third-order valence-electron chi connectivity index (χ3n) is 2.92. The van der Waals surface area contributed by atoms with Crippen LogP contribution in [0.15, 0.2) is 0 Å². The number of amides is 2. The van der Waals surface area contributed by atoms with E-state index < -0.39 is 5.91 Å². The highest BCUT2D eigenvalue weighted by atomic mass is 35.5. The predicted octanol–water partition coefficient (Wildman–Crippen LogP) is -1.17. The van der Waals surface area contributed by atoms with E-state index in [1.54, 1.807) is 0 Å². The van der Waals surface area contributed by atoms with Gasteiger partial charge in [-0.2, -0.15) is 0 Å². The lowest BCUT2D eigenvalue weighted by atomic mass is 10.2. The van der Waals surface area contributed by atoms with Crippen molar-refractivity contribution in [3.63, 3.8) is 0 Å². The highest BCUT2D eigenvalue weighted by molar-refractivity contribution is 6.31. The number of unbranched alkanes of at least 4 members (excludes halogenated alkanes) is 1. The molecule has 1 aromatic rings. The summed E-state index contributed by atoms with van der Waals surface area (Å²) in [4.78, 5) is 30.7. The van der Waals surface area contributed by atoms with Gasteiger partial charge in [-0.15, -0.1) is 0 Å². The molecule has 0 atom stereocenters. The van der Waals surface area contributed by atoms with E-state index in [-0.39, 0.29) is 47.5 Å². The number of carbonyl (C=O) groups excluding carboxylic acids is 2. The minimum atomic E-state index is -0.743. The molecule has 11 nitrogen and oxygen atoms in total. The number of anilines is 2. The van der Waals surface area contributed by atoms with Crippen LogP contribution in [0.1, 0.15) is 29.8 Å². The van der Waals surface area contributed by atoms with Gasteiger partial charge in [-0.1, -0.05) is 11.6 Å². The molecular weight excluding hydrogens is 352 g/mol. The number of carbonyl (C=O) groups is 2. The van der Waals surface area contributed by atoms with Crippen LogP contribution in [-0.2, 0) is 4.79 Å². The smallest absolute Gasteiger partial charge is 0.280 e. The number of hydrogen-bond acceptors (Lipinski definition) is 8. The Balaban J connectivity index is 2.32. The molecule has 0 aliphatic carbocycles. The van der Waals surface area contributed by atoms with Gasteiger partial charge < -0.3 is 27.2 Å². The summed E-state index contributed by atoms with van der Waals surface area (Å²) < 4.78 is 0. The molecular formula is C13H21ClN8O3. The quantitative estimate of drug-likeness (QED) is 0.168. The molecule has 0 aromatic carbocycles. The van der Waals surface area contributed by atoms with Crippen molar-refractivity contribution in [2.75, 3.05) is 31.2 Å². The minimum absolute atomic E-state index is 0.0908. The van der Waals surface area contributed by atoms with Crippen LogP contribution in [-0.4, -0.2) is 52.5 Å². The van der Waals surface area contributed by atoms with Crippen molar-refractivity contribution >= 4 is 41.0 Å². The van der Waals surface area contributed by atoms with Gasteiger partial charge in [0.1, 0.15) is 0 Å². The highest BCUT2D eigenvalue weighted by Gasteiger charge is 2.16. The minimum Gasteiger partial charge on any atom is -0.395 e. The molecule has 0 saturated heterocycles. The number of aromatic nitrogens is 2. The molecule has 12 heteroatoms. The third kappa shape index (κ3) is 7.18. The largest absolute Gasteiger partial charge is 0.395 e. The van der Waals surface area contributed by atoms with Crippen LogP contribution >= 0.6 is 11.6 Å². The number of nitrogen functional groups attached to an aromatic ring is 2. The Morgan fingerprint density at radius 1 is 1.12 bits per heavy atom. The van der Waals surface area contributed by atoms with Crippen LogP contribution < -0.4 is 27.4 Å². The average molecular weight is 373 g/mol. The monoisotopic (exact) mass is 372 g/mol. The fourth-order valence-electron chi connectivity index (χ4n) is 1.73. The van der Waals surface area contributed by atoms with Gasteiger partial charge in [-0.05, 0) is 12.8 Å². The van der Waals surface area contributed by atoms with Crippen molar-refractivity contribution in [3.05, 3.63) is 10.8 Å². The topological polar surface area (TPSA) is 192 Å². The summed E-state index contributed by atoms with van der Waals surface area (Å²) in [7, 11) is 0. The van der Waals surface area contributed by atoms with E-state index in [9.17, 15) is 9.59 Å². The van der Waals surface area contributed by atoms with Crippen molar-refractivity contribution in [1.82, 2.24) is 25.9 Å². The lowest BCUT2D eigenvalue weighted by Crippen LogP contribution is -2.41. The van der Waals surface area contributed by atoms with Gasteiger partial charge in [0.15, 0.2) is 28.4 Å². The SMILES string of the molecule is N=C(NCCCCC(=O)NCCO)NC(=O)c1nc(Cl)c(N)nc1N. The first-order chi connectivity index (χ1) is 11.8. The molecule has 0 saturated carbocycles. The summed E-state index contributed by atoms with van der Waals surface area (Å²) in [6.07, 6.45) is 1.52. The van der Waals surface area contributed by atoms with Crippen LogP contribution in [0.5, 0.6) is 0 Å². The Hall–Kier alpha value is -2.66. The van der Waals surface area contributed by atoms with E-state index in [1.165, 1.54) is 0 Å². The second kappa shape index (κ2) is 10.3. The van der Waals surface area contributed by atoms with E-state index in [1.807, 2.05) is 0 Å². The van der Waals surface area contributed by atoms with Crippen LogP contribution in [0.4, 0.5) is 11.6 Å². The van der Waals surface area contributed by atoms with Gasteiger partial charge in [-0.3, -0.25) is 20.3 Å². The normalized spacial score (nSPS) is 10.2. The van der Waals surface area contributed by atoms with Crippen LogP contribution in [0.3, 0.4) is 0 Å². The number of aliphatic hydroxyl groups excluding tert-OH is 1. The molecule has 0 aliphatic heterocycles. The molecule has 1 rings (SSSR count). The zero-order chi connectivity index (χ0) is 18.8. The molecule has 1 heterocycles. The number of nitrogens with zero attached hydrogens (tertiary/aromatic N) is 2. The molecule has 0 spiro atoms. The van der Waals surface area contributed by atoms with Gasteiger partial charge in [0.25, 0.3) is 5.91 Å². The predicted molar refractivity (Wildman–Crippen MR) is 93.0 cm³/mol. The molecule has 138 valence electrons. The third-order valence-corrected chi connectivity index (χ3v) is 3.20. The maximum atomic E-state index is 12.0. The summed E-state index contributed by atoms with van der Waals surface area (Å²) in [5.41, 5.74) is 10.7. The number of halogens is 1. The van der Waals surface area contributed by atoms with Crippen LogP contribution in [0.2, 0.25) is 5.15 Å². The molecule has 1 aromatic heterocycles. The van der Waals surface area contributed by atoms with Crippen LogP contribution in [0, 0.1) is 5.41 Å². The maximum absolute atomic E-state index is 12.0. The average Bonchev–Trinajstić information content (AvgIpc) is 2.55. The van der Waals surface area contributed by atoms with Gasteiger partial charge >= 0.3 is 0 Å². The van der Waals surface area contributed by atoms with E-state index in [0.717, 1.165) is 0 Å². The van der Waals surface area contributed by atoms with E-state index in [2.05, 4.69) is 25.9 Å². The van der Waals surface area contributed by atoms with Crippen molar-refractivity contribution < 1.29 is 14.7 Å². The first-order valence-corrected chi connectivity index (χ1v) is 7.82. The molecule has 0 aliphatic rings. The molecule has 0 fully saturated rings. The molecule has 0 unspecified atom stereocenters. The summed E-state index contributed by atoms with van der Waals surface area (Å²) in [5, 5.41) is 23.5. The Labute approximate surface area is 149 Å². The number of nitrogens with one attached hydrogen (secondary N) is 4. The summed E-state index contributed by atoms with van der Waals surface area (Å²) >= 11 is 5.69. The first kappa shape index (κ1) is 20.4.